The van der Waals surface area contributed by atoms with Gasteiger partial charge in [0, 0.05) is 53.6 Å². The molecule has 11 heteroatoms. The Morgan fingerprint density at radius 3 is 2.59 bits per heavy atom. The number of nitrogens with one attached hydrogen (secondary N) is 1. The van der Waals surface area contributed by atoms with E-state index in [0.717, 1.165) is 11.1 Å². The number of nitrogens with zero attached hydrogens (tertiary/aromatic N) is 5. The molecule has 10 nitrogen and oxygen atoms in total. The first kappa shape index (κ1) is 24.6. The molecule has 4 aromatic heterocycles. The van der Waals surface area contributed by atoms with E-state index in [1.54, 1.807) is 71.8 Å². The summed E-state index contributed by atoms with van der Waals surface area (Å²) in [7, 11) is -1.93. The molecular weight excluding hydrogens is 516 g/mol. The predicted octanol–water partition coefficient (Wildman–Crippen LogP) is 3.82. The van der Waals surface area contributed by atoms with E-state index in [1.807, 2.05) is 25.4 Å². The molecule has 2 aromatic carbocycles. The molecule has 0 spiro atoms. The number of benzene rings is 1. The fourth-order valence-corrected chi connectivity index (χ4v) is 5.43. The topological polar surface area (TPSA) is 133 Å². The van der Waals surface area contributed by atoms with Gasteiger partial charge in [-0.3, -0.25) is 19.4 Å². The number of rotatable bonds is 7. The van der Waals surface area contributed by atoms with E-state index < -0.39 is 10.0 Å². The van der Waals surface area contributed by atoms with Crippen molar-refractivity contribution in [2.45, 2.75) is 12.3 Å². The van der Waals surface area contributed by atoms with Crippen LogP contribution in [-0.2, 0) is 29.4 Å². The van der Waals surface area contributed by atoms with Crippen LogP contribution in [0.1, 0.15) is 11.3 Å². The lowest BCUT2D eigenvalue weighted by Crippen LogP contribution is -2.24. The van der Waals surface area contributed by atoms with Gasteiger partial charge in [0.25, 0.3) is 0 Å². The summed E-state index contributed by atoms with van der Waals surface area (Å²) in [4.78, 5) is 22.3. The molecule has 0 saturated carbocycles. The van der Waals surface area contributed by atoms with Gasteiger partial charge >= 0.3 is 0 Å². The molecule has 1 N–H and O–H groups in total. The number of aromatic nitrogens is 5. The minimum atomic E-state index is -3.75. The number of aryl methyl sites for hydroxylation is 1. The molecule has 6 rings (SSSR count). The van der Waals surface area contributed by atoms with Gasteiger partial charge in [0.15, 0.2) is 11.2 Å². The zero-order chi connectivity index (χ0) is 27.0. The number of pyridine rings is 2. The van der Waals surface area contributed by atoms with Crippen molar-refractivity contribution in [1.82, 2.24) is 29.6 Å². The summed E-state index contributed by atoms with van der Waals surface area (Å²) >= 11 is 0. The fourth-order valence-electron chi connectivity index (χ4n) is 4.35. The Bertz CT molecular complexity index is 2000. The largest absolute Gasteiger partial charge is 0.359 e. The van der Waals surface area contributed by atoms with Gasteiger partial charge in [-0.05, 0) is 41.3 Å². The van der Waals surface area contributed by atoms with Crippen LogP contribution in [0.2, 0.25) is 0 Å². The van der Waals surface area contributed by atoms with Crippen LogP contribution < -0.4 is 10.2 Å². The molecule has 6 aromatic rings. The average molecular weight is 539 g/mol. The zero-order valence-electron chi connectivity index (χ0n) is 20.8. The highest BCUT2D eigenvalue weighted by Gasteiger charge is 2.15. The van der Waals surface area contributed by atoms with Crippen LogP contribution in [0.4, 0.5) is 0 Å². The van der Waals surface area contributed by atoms with E-state index in [0.29, 0.717) is 44.4 Å². The summed E-state index contributed by atoms with van der Waals surface area (Å²) in [6.07, 6.45) is 6.91. The summed E-state index contributed by atoms with van der Waals surface area (Å²) in [5.41, 5.74) is 3.57. The number of fused-ring (bicyclic) bond motifs is 2. The van der Waals surface area contributed by atoms with Crippen molar-refractivity contribution in [3.8, 4) is 22.5 Å². The Morgan fingerprint density at radius 1 is 0.923 bits per heavy atom. The normalized spacial score (nSPS) is 11.8. The number of sulfonamides is 1. The Morgan fingerprint density at radius 2 is 1.79 bits per heavy atom. The van der Waals surface area contributed by atoms with Crippen molar-refractivity contribution in [1.29, 1.82) is 0 Å². The van der Waals surface area contributed by atoms with E-state index in [1.165, 1.54) is 0 Å². The third-order valence-corrected chi connectivity index (χ3v) is 7.59. The van der Waals surface area contributed by atoms with Gasteiger partial charge in [0.1, 0.15) is 5.69 Å². The lowest BCUT2D eigenvalue weighted by Gasteiger charge is -2.06. The monoisotopic (exact) mass is 538 g/mol. The van der Waals surface area contributed by atoms with Crippen molar-refractivity contribution >= 4 is 31.7 Å². The van der Waals surface area contributed by atoms with E-state index in [-0.39, 0.29) is 17.7 Å². The van der Waals surface area contributed by atoms with Crippen LogP contribution in [0.3, 0.4) is 0 Å². The van der Waals surface area contributed by atoms with Crippen LogP contribution in [-0.4, -0.2) is 33.3 Å². The zero-order valence-corrected chi connectivity index (χ0v) is 21.6. The summed E-state index contributed by atoms with van der Waals surface area (Å²) in [5, 5.41) is 9.70. The van der Waals surface area contributed by atoms with E-state index in [9.17, 15) is 13.2 Å². The highest BCUT2D eigenvalue weighted by atomic mass is 32.2. The van der Waals surface area contributed by atoms with Crippen LogP contribution >= 0.6 is 0 Å². The highest BCUT2D eigenvalue weighted by molar-refractivity contribution is 7.88. The van der Waals surface area contributed by atoms with Crippen molar-refractivity contribution in [2.24, 2.45) is 7.05 Å². The van der Waals surface area contributed by atoms with Crippen LogP contribution in [0, 0.1) is 0 Å². The van der Waals surface area contributed by atoms with Crippen LogP contribution in [0.15, 0.2) is 94.8 Å². The predicted molar refractivity (Wildman–Crippen MR) is 147 cm³/mol. The summed E-state index contributed by atoms with van der Waals surface area (Å²) in [5.74, 6) is 0.0503. The lowest BCUT2D eigenvalue weighted by atomic mass is 10.1. The van der Waals surface area contributed by atoms with Gasteiger partial charge < -0.3 is 4.52 Å². The van der Waals surface area contributed by atoms with Crippen molar-refractivity contribution in [3.63, 3.8) is 0 Å². The first-order valence-electron chi connectivity index (χ1n) is 12.0. The standard InChI is InChI=1S/C28H22N6O4S/c1-34-16-21(14-31-34)20-11-24-25(30-13-20)8-7-19-6-5-18(10-23(19)28(24)35)17-39(36,37)32-15-22-12-27(33-38-22)26-4-2-3-9-29-26/h2-14,16,32H,15,17H2,1H3. The van der Waals surface area contributed by atoms with Gasteiger partial charge in [-0.2, -0.15) is 5.10 Å². The smallest absolute Gasteiger partial charge is 0.216 e. The molecule has 0 aliphatic carbocycles. The van der Waals surface area contributed by atoms with E-state index >= 15 is 0 Å². The Balaban J connectivity index is 1.26. The van der Waals surface area contributed by atoms with Crippen molar-refractivity contribution in [2.75, 3.05) is 0 Å². The second-order valence-electron chi connectivity index (χ2n) is 9.12. The van der Waals surface area contributed by atoms with Gasteiger partial charge in [-0.25, -0.2) is 13.1 Å². The van der Waals surface area contributed by atoms with Crippen molar-refractivity contribution in [3.05, 3.63) is 107 Å². The first-order chi connectivity index (χ1) is 18.8. The summed E-state index contributed by atoms with van der Waals surface area (Å²) < 4.78 is 35.2. The molecule has 0 saturated heterocycles. The van der Waals surface area contributed by atoms with Gasteiger partial charge in [-0.15, -0.1) is 0 Å². The van der Waals surface area contributed by atoms with Crippen LogP contribution in [0.5, 0.6) is 0 Å². The molecule has 194 valence electrons. The molecule has 0 fully saturated rings. The highest BCUT2D eigenvalue weighted by Crippen LogP contribution is 2.23. The first-order valence-corrected chi connectivity index (χ1v) is 13.7. The minimum Gasteiger partial charge on any atom is -0.359 e. The van der Waals surface area contributed by atoms with Crippen molar-refractivity contribution < 1.29 is 12.9 Å². The molecule has 0 aliphatic heterocycles. The Hall–Kier alpha value is -4.74. The summed E-state index contributed by atoms with van der Waals surface area (Å²) in [6.45, 7) is -0.0645. The lowest BCUT2D eigenvalue weighted by molar-refractivity contribution is 0.382. The third-order valence-electron chi connectivity index (χ3n) is 6.29. The molecule has 4 heterocycles. The number of hydrogen-bond acceptors (Lipinski definition) is 8. The second-order valence-corrected chi connectivity index (χ2v) is 10.9. The quantitative estimate of drug-likeness (QED) is 0.324. The minimum absolute atomic E-state index is 0.0645. The van der Waals surface area contributed by atoms with Gasteiger partial charge in [0.2, 0.25) is 10.0 Å². The second kappa shape index (κ2) is 9.86. The molecule has 39 heavy (non-hydrogen) atoms. The molecule has 0 atom stereocenters. The van der Waals surface area contributed by atoms with Gasteiger partial charge in [0.05, 0.1) is 29.7 Å². The maximum atomic E-state index is 13.6. The summed E-state index contributed by atoms with van der Waals surface area (Å²) in [6, 6.07) is 17.5. The SMILES string of the molecule is Cn1cc(-c2cnc3ccc4ccc(CS(=O)(=O)NCc5cc(-c6ccccn6)no5)cc4c(=O)c3c2)cn1. The molecule has 0 aliphatic rings. The molecule has 0 radical (unpaired) electrons. The molecular formula is C28H22N6O4S. The molecule has 0 amide bonds. The molecule has 0 bridgehead atoms. The van der Waals surface area contributed by atoms with Gasteiger partial charge in [-0.1, -0.05) is 29.4 Å². The Kier molecular flexibility index (Phi) is 6.21. The Labute approximate surface area is 223 Å². The maximum Gasteiger partial charge on any atom is 0.216 e. The third kappa shape index (κ3) is 5.17. The average Bonchev–Trinajstić information content (AvgIpc) is 3.57. The van der Waals surface area contributed by atoms with E-state index in [2.05, 4.69) is 24.9 Å². The fraction of sp³-hybridized carbons (Fsp3) is 0.107. The number of hydrogen-bond donors (Lipinski definition) is 1. The molecule has 0 unspecified atom stereocenters. The van der Waals surface area contributed by atoms with Crippen LogP contribution in [0.25, 0.3) is 44.2 Å². The van der Waals surface area contributed by atoms with E-state index in [4.69, 9.17) is 4.52 Å². The maximum absolute atomic E-state index is 13.6.